The van der Waals surface area contributed by atoms with E-state index in [0.29, 0.717) is 36.8 Å². The van der Waals surface area contributed by atoms with E-state index in [1.54, 1.807) is 37.3 Å². The highest BCUT2D eigenvalue weighted by Crippen LogP contribution is 2.34. The van der Waals surface area contributed by atoms with Crippen LogP contribution in [0.3, 0.4) is 0 Å². The third-order valence-corrected chi connectivity index (χ3v) is 6.50. The minimum absolute atomic E-state index is 0.00524. The number of nitrogens with zero attached hydrogens (tertiary/aromatic N) is 1. The summed E-state index contributed by atoms with van der Waals surface area (Å²) < 4.78 is 16.4. The molecule has 1 heterocycles. The molecule has 0 bridgehead atoms. The van der Waals surface area contributed by atoms with Gasteiger partial charge < -0.3 is 29.7 Å². The number of carbonyl (C=O) groups is 2. The summed E-state index contributed by atoms with van der Waals surface area (Å²) in [6.45, 7) is 7.94. The number of hydrogen-bond donors (Lipinski definition) is 2. The second-order valence-electron chi connectivity index (χ2n) is 9.35. The predicted octanol–water partition coefficient (Wildman–Crippen LogP) is 3.43. The molecule has 1 fully saturated rings. The van der Waals surface area contributed by atoms with Crippen LogP contribution in [-0.2, 0) is 9.53 Å². The van der Waals surface area contributed by atoms with Crippen LogP contribution in [0.15, 0.2) is 48.5 Å². The first-order valence-corrected chi connectivity index (χ1v) is 12.5. The lowest BCUT2D eigenvalue weighted by Crippen LogP contribution is -2.58. The standard InChI is InChI=1S/C28H39N3O5/c1-19(2)31(28(33)22-12-13-25(35-5)26(16-22)36-15-9-14-34-4)27(30-20(3)32)24-18-29-17-23(24)21-10-7-6-8-11-21/h6-8,10-13,16,19,23-24,27,29H,9,14-15,17-18H2,1-5H3,(H,30,32)/t23-,24-,27?/m1/s1. The fraction of sp³-hybridized carbons (Fsp3) is 0.500. The second-order valence-corrected chi connectivity index (χ2v) is 9.35. The van der Waals surface area contributed by atoms with E-state index in [2.05, 4.69) is 22.8 Å². The summed E-state index contributed by atoms with van der Waals surface area (Å²) in [6, 6.07) is 15.3. The van der Waals surface area contributed by atoms with Crippen LogP contribution in [0.2, 0.25) is 0 Å². The molecule has 3 atom stereocenters. The first kappa shape index (κ1) is 27.5. The van der Waals surface area contributed by atoms with E-state index in [9.17, 15) is 9.59 Å². The summed E-state index contributed by atoms with van der Waals surface area (Å²) in [5, 5.41) is 6.56. The monoisotopic (exact) mass is 497 g/mol. The van der Waals surface area contributed by atoms with Gasteiger partial charge in [-0.25, -0.2) is 0 Å². The van der Waals surface area contributed by atoms with Crippen molar-refractivity contribution in [2.75, 3.05) is 40.5 Å². The fourth-order valence-corrected chi connectivity index (χ4v) is 4.83. The van der Waals surface area contributed by atoms with Gasteiger partial charge in [0.2, 0.25) is 5.91 Å². The molecule has 2 aromatic rings. The summed E-state index contributed by atoms with van der Waals surface area (Å²) in [6.07, 6.45) is 0.235. The Kier molecular flexibility index (Phi) is 10.1. The Balaban J connectivity index is 1.93. The Bertz CT molecular complexity index is 998. The Morgan fingerprint density at radius 2 is 1.81 bits per heavy atom. The predicted molar refractivity (Wildman–Crippen MR) is 139 cm³/mol. The average molecular weight is 498 g/mol. The van der Waals surface area contributed by atoms with E-state index in [4.69, 9.17) is 14.2 Å². The Hall–Kier alpha value is -3.10. The van der Waals surface area contributed by atoms with Gasteiger partial charge in [0.1, 0.15) is 6.17 Å². The molecular weight excluding hydrogens is 458 g/mol. The second kappa shape index (κ2) is 13.3. The molecule has 196 valence electrons. The summed E-state index contributed by atoms with van der Waals surface area (Å²) in [7, 11) is 3.22. The normalized spacial score (nSPS) is 18.1. The number of hydrogen-bond acceptors (Lipinski definition) is 6. The third-order valence-electron chi connectivity index (χ3n) is 6.50. The van der Waals surface area contributed by atoms with Crippen LogP contribution in [0.25, 0.3) is 0 Å². The Morgan fingerprint density at radius 3 is 2.44 bits per heavy atom. The van der Waals surface area contributed by atoms with Crippen molar-refractivity contribution >= 4 is 11.8 Å². The molecule has 36 heavy (non-hydrogen) atoms. The van der Waals surface area contributed by atoms with Crippen LogP contribution in [0, 0.1) is 5.92 Å². The topological polar surface area (TPSA) is 89.1 Å². The largest absolute Gasteiger partial charge is 0.493 e. The maximum absolute atomic E-state index is 14.0. The van der Waals surface area contributed by atoms with E-state index < -0.39 is 6.17 Å². The summed E-state index contributed by atoms with van der Waals surface area (Å²) in [5.41, 5.74) is 1.67. The van der Waals surface area contributed by atoms with E-state index >= 15 is 0 Å². The molecule has 1 aliphatic rings. The molecule has 3 rings (SSSR count). The molecule has 0 aliphatic carbocycles. The lowest BCUT2D eigenvalue weighted by molar-refractivity contribution is -0.121. The molecule has 2 amide bonds. The van der Waals surface area contributed by atoms with Crippen LogP contribution in [0.1, 0.15) is 49.0 Å². The SMILES string of the molecule is COCCCOc1cc(C(=O)N(C(C)C)C(NC(C)=O)[C@@H]2CNC[C@@H]2c2ccccc2)ccc1OC. The maximum atomic E-state index is 14.0. The van der Waals surface area contributed by atoms with E-state index in [-0.39, 0.29) is 29.7 Å². The summed E-state index contributed by atoms with van der Waals surface area (Å²) in [5.74, 6) is 0.880. The van der Waals surface area contributed by atoms with Gasteiger partial charge in [-0.05, 0) is 37.6 Å². The van der Waals surface area contributed by atoms with Gasteiger partial charge >= 0.3 is 0 Å². The summed E-state index contributed by atoms with van der Waals surface area (Å²) >= 11 is 0. The quantitative estimate of drug-likeness (QED) is 0.345. The van der Waals surface area contributed by atoms with Gasteiger partial charge in [0.05, 0.1) is 13.7 Å². The molecule has 0 saturated carbocycles. The number of nitrogens with one attached hydrogen (secondary N) is 2. The molecule has 1 unspecified atom stereocenters. The number of ether oxygens (including phenoxy) is 3. The van der Waals surface area contributed by atoms with Gasteiger partial charge in [0.25, 0.3) is 5.91 Å². The average Bonchev–Trinajstić information content (AvgIpc) is 3.36. The first-order valence-electron chi connectivity index (χ1n) is 12.5. The minimum atomic E-state index is -0.483. The zero-order chi connectivity index (χ0) is 26.1. The van der Waals surface area contributed by atoms with Gasteiger partial charge in [-0.1, -0.05) is 30.3 Å². The van der Waals surface area contributed by atoms with Crippen molar-refractivity contribution in [1.82, 2.24) is 15.5 Å². The minimum Gasteiger partial charge on any atom is -0.493 e. The van der Waals surface area contributed by atoms with Crippen molar-refractivity contribution in [1.29, 1.82) is 0 Å². The maximum Gasteiger partial charge on any atom is 0.255 e. The van der Waals surface area contributed by atoms with Crippen LogP contribution < -0.4 is 20.1 Å². The van der Waals surface area contributed by atoms with Gasteiger partial charge in [-0.2, -0.15) is 0 Å². The van der Waals surface area contributed by atoms with Crippen LogP contribution in [0.5, 0.6) is 11.5 Å². The molecular formula is C28H39N3O5. The summed E-state index contributed by atoms with van der Waals surface area (Å²) in [4.78, 5) is 28.1. The molecule has 1 saturated heterocycles. The van der Waals surface area contributed by atoms with Crippen molar-refractivity contribution in [2.45, 2.75) is 45.3 Å². The van der Waals surface area contributed by atoms with E-state index in [0.717, 1.165) is 13.0 Å². The lowest BCUT2D eigenvalue weighted by Gasteiger charge is -2.40. The van der Waals surface area contributed by atoms with Crippen LogP contribution in [-0.4, -0.2) is 69.4 Å². The van der Waals surface area contributed by atoms with Crippen LogP contribution >= 0.6 is 0 Å². The molecule has 0 radical (unpaired) electrons. The van der Waals surface area contributed by atoms with E-state index in [1.165, 1.54) is 12.5 Å². The first-order chi connectivity index (χ1) is 17.4. The third kappa shape index (κ3) is 6.77. The number of methoxy groups -OCH3 is 2. The van der Waals surface area contributed by atoms with Gasteiger partial charge in [-0.15, -0.1) is 0 Å². The highest BCUT2D eigenvalue weighted by molar-refractivity contribution is 5.95. The molecule has 1 aliphatic heterocycles. The van der Waals surface area contributed by atoms with Crippen molar-refractivity contribution < 1.29 is 23.8 Å². The van der Waals surface area contributed by atoms with Crippen molar-refractivity contribution in [2.24, 2.45) is 5.92 Å². The molecule has 2 aromatic carbocycles. The Morgan fingerprint density at radius 1 is 1.06 bits per heavy atom. The van der Waals surface area contributed by atoms with Gasteiger partial charge in [-0.3, -0.25) is 9.59 Å². The molecule has 0 spiro atoms. The highest BCUT2D eigenvalue weighted by Gasteiger charge is 2.41. The molecule has 0 aromatic heterocycles. The lowest BCUT2D eigenvalue weighted by atomic mass is 9.85. The van der Waals surface area contributed by atoms with Crippen LogP contribution in [0.4, 0.5) is 0 Å². The zero-order valence-electron chi connectivity index (χ0n) is 22.0. The number of amides is 2. The van der Waals surface area contributed by atoms with Gasteiger partial charge in [0, 0.05) is 63.6 Å². The van der Waals surface area contributed by atoms with Crippen molar-refractivity contribution in [3.8, 4) is 11.5 Å². The smallest absolute Gasteiger partial charge is 0.255 e. The van der Waals surface area contributed by atoms with Crippen molar-refractivity contribution in [3.05, 3.63) is 59.7 Å². The fourth-order valence-electron chi connectivity index (χ4n) is 4.83. The van der Waals surface area contributed by atoms with Crippen molar-refractivity contribution in [3.63, 3.8) is 0 Å². The van der Waals surface area contributed by atoms with E-state index in [1.807, 2.05) is 32.0 Å². The molecule has 2 N–H and O–H groups in total. The Labute approximate surface area is 214 Å². The number of carbonyl (C=O) groups excluding carboxylic acids is 2. The molecule has 8 nitrogen and oxygen atoms in total. The number of benzene rings is 2. The zero-order valence-corrected chi connectivity index (χ0v) is 22.0. The van der Waals surface area contributed by atoms with Gasteiger partial charge in [0.15, 0.2) is 11.5 Å². The highest BCUT2D eigenvalue weighted by atomic mass is 16.5. The number of rotatable bonds is 12. The molecule has 8 heteroatoms.